The van der Waals surface area contributed by atoms with E-state index in [0.29, 0.717) is 5.56 Å². The molecule has 0 radical (unpaired) electrons. The fourth-order valence-corrected chi connectivity index (χ4v) is 2.83. The Morgan fingerprint density at radius 1 is 1.38 bits per heavy atom. The lowest BCUT2D eigenvalue weighted by Crippen LogP contribution is -2.45. The highest BCUT2D eigenvalue weighted by atomic mass is 16.3. The SMILES string of the molecule is CCCN1CCC(NC(=O)/C(C#N)=C/c2ccc(O)c(O)c2)CC1. The minimum atomic E-state index is -0.404. The Balaban J connectivity index is 1.98. The van der Waals surface area contributed by atoms with E-state index in [9.17, 15) is 20.3 Å². The van der Waals surface area contributed by atoms with Gasteiger partial charge in [0, 0.05) is 19.1 Å². The Labute approximate surface area is 142 Å². The molecule has 6 heteroatoms. The number of nitrogens with zero attached hydrogens (tertiary/aromatic N) is 2. The summed E-state index contributed by atoms with van der Waals surface area (Å²) in [6.07, 6.45) is 4.29. The van der Waals surface area contributed by atoms with Crippen molar-refractivity contribution in [1.29, 1.82) is 5.26 Å². The van der Waals surface area contributed by atoms with Crippen LogP contribution in [0.2, 0.25) is 0 Å². The molecule has 128 valence electrons. The molecule has 0 aliphatic carbocycles. The first-order chi connectivity index (χ1) is 11.5. The number of nitrogens with one attached hydrogen (secondary N) is 1. The molecule has 1 saturated heterocycles. The Hall–Kier alpha value is -2.52. The Bertz CT molecular complexity index is 656. The maximum atomic E-state index is 12.3. The van der Waals surface area contributed by atoms with Gasteiger partial charge < -0.3 is 20.4 Å². The lowest BCUT2D eigenvalue weighted by Gasteiger charge is -2.32. The number of likely N-dealkylation sites (tertiary alicyclic amines) is 1. The highest BCUT2D eigenvalue weighted by molar-refractivity contribution is 6.01. The summed E-state index contributed by atoms with van der Waals surface area (Å²) in [5.74, 6) is -0.933. The van der Waals surface area contributed by atoms with Crippen LogP contribution in [0.25, 0.3) is 6.08 Å². The van der Waals surface area contributed by atoms with Crippen LogP contribution in [-0.2, 0) is 4.79 Å². The third-order valence-electron chi connectivity index (χ3n) is 4.14. The maximum absolute atomic E-state index is 12.3. The second-order valence-corrected chi connectivity index (χ2v) is 6.01. The maximum Gasteiger partial charge on any atom is 0.262 e. The van der Waals surface area contributed by atoms with Gasteiger partial charge in [-0.05, 0) is 49.6 Å². The number of carbonyl (C=O) groups excluding carboxylic acids is 1. The zero-order valence-electron chi connectivity index (χ0n) is 13.8. The van der Waals surface area contributed by atoms with E-state index in [1.165, 1.54) is 24.3 Å². The predicted octanol–water partition coefficient (Wildman–Crippen LogP) is 2.00. The van der Waals surface area contributed by atoms with Crippen LogP contribution in [0.15, 0.2) is 23.8 Å². The lowest BCUT2D eigenvalue weighted by molar-refractivity contribution is -0.118. The van der Waals surface area contributed by atoms with E-state index in [1.807, 2.05) is 6.07 Å². The number of piperidine rings is 1. The van der Waals surface area contributed by atoms with Gasteiger partial charge >= 0.3 is 0 Å². The van der Waals surface area contributed by atoms with Crippen LogP contribution in [0.5, 0.6) is 11.5 Å². The van der Waals surface area contributed by atoms with Gasteiger partial charge in [0.2, 0.25) is 0 Å². The van der Waals surface area contributed by atoms with Crippen molar-refractivity contribution in [1.82, 2.24) is 10.2 Å². The minimum absolute atomic E-state index is 0.0175. The van der Waals surface area contributed by atoms with Crippen molar-refractivity contribution in [2.45, 2.75) is 32.2 Å². The predicted molar refractivity (Wildman–Crippen MR) is 91.3 cm³/mol. The molecule has 1 heterocycles. The number of nitriles is 1. The molecule has 24 heavy (non-hydrogen) atoms. The highest BCUT2D eigenvalue weighted by Crippen LogP contribution is 2.26. The molecular weight excluding hydrogens is 306 g/mol. The average Bonchev–Trinajstić information content (AvgIpc) is 2.57. The van der Waals surface area contributed by atoms with E-state index < -0.39 is 5.91 Å². The van der Waals surface area contributed by atoms with Crippen LogP contribution in [0.3, 0.4) is 0 Å². The van der Waals surface area contributed by atoms with Crippen molar-refractivity contribution >= 4 is 12.0 Å². The standard InChI is InChI=1S/C18H23N3O3/c1-2-7-21-8-5-15(6-9-21)20-18(24)14(12-19)10-13-3-4-16(22)17(23)11-13/h3-4,10-11,15,22-23H,2,5-9H2,1H3,(H,20,24)/b14-10+. The van der Waals surface area contributed by atoms with Crippen molar-refractivity contribution < 1.29 is 15.0 Å². The van der Waals surface area contributed by atoms with Gasteiger partial charge in [0.25, 0.3) is 5.91 Å². The smallest absolute Gasteiger partial charge is 0.262 e. The van der Waals surface area contributed by atoms with Gasteiger partial charge in [0.05, 0.1) is 0 Å². The number of carbonyl (C=O) groups is 1. The molecule has 0 atom stereocenters. The minimum Gasteiger partial charge on any atom is -0.504 e. The van der Waals surface area contributed by atoms with Crippen molar-refractivity contribution in [3.8, 4) is 17.6 Å². The number of phenols is 2. The molecule has 0 bridgehead atoms. The van der Waals surface area contributed by atoms with Gasteiger partial charge in [-0.2, -0.15) is 5.26 Å². The number of phenolic OH excluding ortho intramolecular Hbond substituents is 2. The van der Waals surface area contributed by atoms with Crippen LogP contribution >= 0.6 is 0 Å². The molecule has 6 nitrogen and oxygen atoms in total. The summed E-state index contributed by atoms with van der Waals surface area (Å²) < 4.78 is 0. The summed E-state index contributed by atoms with van der Waals surface area (Å²) in [5, 5.41) is 30.9. The molecule has 0 saturated carbocycles. The fourth-order valence-electron chi connectivity index (χ4n) is 2.83. The number of benzene rings is 1. The molecule has 1 amide bonds. The molecule has 1 fully saturated rings. The Kier molecular flexibility index (Phi) is 6.21. The average molecular weight is 329 g/mol. The van der Waals surface area contributed by atoms with Crippen LogP contribution in [0, 0.1) is 11.3 Å². The first-order valence-electron chi connectivity index (χ1n) is 8.20. The molecule has 2 rings (SSSR count). The Morgan fingerprint density at radius 3 is 2.67 bits per heavy atom. The molecule has 1 aliphatic heterocycles. The second-order valence-electron chi connectivity index (χ2n) is 6.01. The van der Waals surface area contributed by atoms with Gasteiger partial charge in [-0.25, -0.2) is 0 Å². The number of rotatable bonds is 5. The van der Waals surface area contributed by atoms with Crippen LogP contribution in [0.4, 0.5) is 0 Å². The quantitative estimate of drug-likeness (QED) is 0.436. The Morgan fingerprint density at radius 2 is 2.08 bits per heavy atom. The third kappa shape index (κ3) is 4.74. The van der Waals surface area contributed by atoms with E-state index in [0.717, 1.165) is 38.9 Å². The first-order valence-corrected chi connectivity index (χ1v) is 8.20. The third-order valence-corrected chi connectivity index (χ3v) is 4.14. The van der Waals surface area contributed by atoms with Gasteiger partial charge in [-0.3, -0.25) is 4.79 Å². The molecule has 0 spiro atoms. The van der Waals surface area contributed by atoms with Crippen molar-refractivity contribution in [3.63, 3.8) is 0 Å². The van der Waals surface area contributed by atoms with Crippen LogP contribution in [-0.4, -0.2) is 46.7 Å². The molecule has 3 N–H and O–H groups in total. The molecular formula is C18H23N3O3. The summed E-state index contributed by atoms with van der Waals surface area (Å²) in [6.45, 7) is 5.14. The first kappa shape index (κ1) is 17.8. The largest absolute Gasteiger partial charge is 0.504 e. The zero-order valence-corrected chi connectivity index (χ0v) is 13.8. The second kappa shape index (κ2) is 8.37. The van der Waals surface area contributed by atoms with Crippen molar-refractivity contribution in [2.75, 3.05) is 19.6 Å². The number of hydrogen-bond donors (Lipinski definition) is 3. The highest BCUT2D eigenvalue weighted by Gasteiger charge is 2.21. The molecule has 0 unspecified atom stereocenters. The van der Waals surface area contributed by atoms with Gasteiger partial charge in [0.15, 0.2) is 11.5 Å². The van der Waals surface area contributed by atoms with E-state index in [4.69, 9.17) is 0 Å². The number of amides is 1. The lowest BCUT2D eigenvalue weighted by atomic mass is 10.0. The topological polar surface area (TPSA) is 96.6 Å². The normalized spacial score (nSPS) is 16.6. The van der Waals surface area contributed by atoms with Gasteiger partial charge in [0.1, 0.15) is 11.6 Å². The molecule has 1 aromatic carbocycles. The number of hydrogen-bond acceptors (Lipinski definition) is 5. The van der Waals surface area contributed by atoms with Crippen LogP contribution in [0.1, 0.15) is 31.7 Å². The van der Waals surface area contributed by atoms with Crippen LogP contribution < -0.4 is 5.32 Å². The molecule has 0 aromatic heterocycles. The van der Waals surface area contributed by atoms with Crippen molar-refractivity contribution in [2.24, 2.45) is 0 Å². The van der Waals surface area contributed by atoms with Crippen molar-refractivity contribution in [3.05, 3.63) is 29.3 Å². The summed E-state index contributed by atoms with van der Waals surface area (Å²) in [7, 11) is 0. The summed E-state index contributed by atoms with van der Waals surface area (Å²) in [6, 6.07) is 6.13. The fraction of sp³-hybridized carbons (Fsp3) is 0.444. The van der Waals surface area contributed by atoms with Gasteiger partial charge in [-0.1, -0.05) is 13.0 Å². The van der Waals surface area contributed by atoms with Gasteiger partial charge in [-0.15, -0.1) is 0 Å². The molecule has 1 aliphatic rings. The number of aromatic hydroxyl groups is 2. The zero-order chi connectivity index (χ0) is 17.5. The van der Waals surface area contributed by atoms with E-state index in [-0.39, 0.29) is 23.1 Å². The monoisotopic (exact) mass is 329 g/mol. The molecule has 1 aromatic rings. The van der Waals surface area contributed by atoms with E-state index in [2.05, 4.69) is 17.1 Å². The van der Waals surface area contributed by atoms with E-state index in [1.54, 1.807) is 0 Å². The summed E-state index contributed by atoms with van der Waals surface area (Å²) in [4.78, 5) is 14.7. The summed E-state index contributed by atoms with van der Waals surface area (Å²) in [5.41, 5.74) is 0.464. The summed E-state index contributed by atoms with van der Waals surface area (Å²) >= 11 is 0. The van der Waals surface area contributed by atoms with E-state index >= 15 is 0 Å².